The lowest BCUT2D eigenvalue weighted by molar-refractivity contribution is 0.0933. The van der Waals surface area contributed by atoms with Crippen LogP contribution in [0.2, 0.25) is 0 Å². The summed E-state index contributed by atoms with van der Waals surface area (Å²) in [7, 11) is 1.69. The van der Waals surface area contributed by atoms with Crippen LogP contribution < -0.4 is 15.7 Å². The topological polar surface area (TPSA) is 89.0 Å². The number of aryl methyl sites for hydroxylation is 1. The van der Waals surface area contributed by atoms with Gasteiger partial charge in [-0.15, -0.1) is 0 Å². The number of amides is 1. The number of para-hydroxylation sites is 1. The summed E-state index contributed by atoms with van der Waals surface area (Å²) in [6, 6.07) is 17.2. The molecule has 3 heterocycles. The summed E-state index contributed by atoms with van der Waals surface area (Å²) in [6.07, 6.45) is 2.42. The third-order valence-corrected chi connectivity index (χ3v) is 5.42. The van der Waals surface area contributed by atoms with Gasteiger partial charge in [0.25, 0.3) is 5.91 Å². The molecule has 150 valence electrons. The zero-order valence-electron chi connectivity index (χ0n) is 16.4. The number of aromatic amines is 1. The zero-order chi connectivity index (χ0) is 20.7. The van der Waals surface area contributed by atoms with Gasteiger partial charge in [-0.05, 0) is 35.4 Å². The predicted octanol–water partition coefficient (Wildman–Crippen LogP) is 2.66. The van der Waals surface area contributed by atoms with E-state index < -0.39 is 0 Å². The first-order valence-corrected chi connectivity index (χ1v) is 9.76. The molecule has 2 aromatic heterocycles. The van der Waals surface area contributed by atoms with Crippen LogP contribution in [0.25, 0.3) is 22.3 Å². The Labute approximate surface area is 172 Å². The summed E-state index contributed by atoms with van der Waals surface area (Å²) in [5, 5.41) is 2.97. The van der Waals surface area contributed by atoms with Crippen molar-refractivity contribution in [3.8, 4) is 16.9 Å². The maximum Gasteiger partial charge on any atom is 0.327 e. The highest BCUT2D eigenvalue weighted by molar-refractivity contribution is 5.95. The highest BCUT2D eigenvalue weighted by Crippen LogP contribution is 2.28. The number of pyridine rings is 1. The Morgan fingerprint density at radius 2 is 2.07 bits per heavy atom. The average Bonchev–Trinajstić information content (AvgIpc) is 3.32. The number of H-pyrrole nitrogens is 1. The SMILES string of the molecule is Cn1c(=O)[nH]c2ncc(-c3cccc(C(=O)NC[C@H]4Cc5ccccc5O4)c3)cc21. The van der Waals surface area contributed by atoms with Gasteiger partial charge in [-0.2, -0.15) is 0 Å². The summed E-state index contributed by atoms with van der Waals surface area (Å²) in [4.78, 5) is 31.5. The lowest BCUT2D eigenvalue weighted by Crippen LogP contribution is -2.34. The lowest BCUT2D eigenvalue weighted by atomic mass is 10.0. The van der Waals surface area contributed by atoms with E-state index in [-0.39, 0.29) is 17.7 Å². The van der Waals surface area contributed by atoms with Crippen LogP contribution in [0.1, 0.15) is 15.9 Å². The fourth-order valence-corrected chi connectivity index (χ4v) is 3.77. The van der Waals surface area contributed by atoms with Crippen molar-refractivity contribution in [3.05, 3.63) is 82.4 Å². The van der Waals surface area contributed by atoms with Gasteiger partial charge < -0.3 is 10.1 Å². The Morgan fingerprint density at radius 1 is 1.20 bits per heavy atom. The molecule has 0 fully saturated rings. The molecule has 2 N–H and O–H groups in total. The fraction of sp³-hybridized carbons (Fsp3) is 0.174. The Hall–Kier alpha value is -3.87. The minimum Gasteiger partial charge on any atom is -0.488 e. The Balaban J connectivity index is 1.32. The molecule has 1 amide bonds. The number of carbonyl (C=O) groups excluding carboxylic acids is 1. The van der Waals surface area contributed by atoms with Gasteiger partial charge in [0.2, 0.25) is 0 Å². The highest BCUT2D eigenvalue weighted by Gasteiger charge is 2.22. The van der Waals surface area contributed by atoms with Gasteiger partial charge in [0, 0.05) is 30.8 Å². The van der Waals surface area contributed by atoms with Crippen LogP contribution in [0.15, 0.2) is 65.6 Å². The van der Waals surface area contributed by atoms with E-state index in [1.807, 2.05) is 48.5 Å². The van der Waals surface area contributed by atoms with E-state index in [1.54, 1.807) is 19.3 Å². The van der Waals surface area contributed by atoms with Gasteiger partial charge in [-0.1, -0.05) is 30.3 Å². The Bertz CT molecular complexity index is 1300. The second-order valence-electron chi connectivity index (χ2n) is 7.42. The van der Waals surface area contributed by atoms with Crippen LogP contribution in [-0.2, 0) is 13.5 Å². The molecule has 0 unspecified atom stereocenters. The summed E-state index contributed by atoms with van der Waals surface area (Å²) >= 11 is 0. The highest BCUT2D eigenvalue weighted by atomic mass is 16.5. The molecule has 0 spiro atoms. The molecule has 0 saturated heterocycles. The van der Waals surface area contributed by atoms with Crippen LogP contribution in [0.3, 0.4) is 0 Å². The van der Waals surface area contributed by atoms with E-state index in [2.05, 4.69) is 15.3 Å². The number of hydrogen-bond acceptors (Lipinski definition) is 4. The number of carbonyl (C=O) groups is 1. The van der Waals surface area contributed by atoms with Crippen LogP contribution in [-0.4, -0.2) is 33.1 Å². The molecule has 7 nitrogen and oxygen atoms in total. The number of nitrogens with zero attached hydrogens (tertiary/aromatic N) is 2. The second kappa shape index (κ2) is 7.18. The van der Waals surface area contributed by atoms with E-state index in [9.17, 15) is 9.59 Å². The number of benzene rings is 2. The number of fused-ring (bicyclic) bond motifs is 2. The maximum atomic E-state index is 12.7. The van der Waals surface area contributed by atoms with Crippen molar-refractivity contribution >= 4 is 17.1 Å². The van der Waals surface area contributed by atoms with E-state index in [0.717, 1.165) is 23.3 Å². The number of aromatic nitrogens is 3. The van der Waals surface area contributed by atoms with Crippen molar-refractivity contribution in [1.29, 1.82) is 0 Å². The first-order chi connectivity index (χ1) is 14.6. The number of rotatable bonds is 4. The fourth-order valence-electron chi connectivity index (χ4n) is 3.77. The van der Waals surface area contributed by atoms with Crippen molar-refractivity contribution < 1.29 is 9.53 Å². The summed E-state index contributed by atoms with van der Waals surface area (Å²) in [5.41, 5.74) is 4.46. The first kappa shape index (κ1) is 18.2. The van der Waals surface area contributed by atoms with Gasteiger partial charge in [0.15, 0.2) is 5.65 Å². The van der Waals surface area contributed by atoms with Crippen molar-refractivity contribution in [2.45, 2.75) is 12.5 Å². The monoisotopic (exact) mass is 400 g/mol. The molecule has 1 atom stereocenters. The molecule has 1 aliphatic rings. The third-order valence-electron chi connectivity index (χ3n) is 5.42. The number of nitrogens with one attached hydrogen (secondary N) is 2. The van der Waals surface area contributed by atoms with Crippen molar-refractivity contribution in [2.75, 3.05) is 6.54 Å². The standard InChI is InChI=1S/C23H20N4O3/c1-27-19-11-17(12-24-21(19)26-23(27)29)14-6-4-7-16(9-14)22(28)25-13-18-10-15-5-2-3-8-20(15)30-18/h2-9,11-12,18H,10,13H2,1H3,(H,25,28)(H,24,26,29)/t18-/m1/s1. The van der Waals surface area contributed by atoms with Crippen molar-refractivity contribution in [3.63, 3.8) is 0 Å². The molecule has 0 radical (unpaired) electrons. The van der Waals surface area contributed by atoms with Crippen molar-refractivity contribution in [2.24, 2.45) is 7.05 Å². The molecule has 0 bridgehead atoms. The molecule has 1 aliphatic heterocycles. The van der Waals surface area contributed by atoms with Crippen molar-refractivity contribution in [1.82, 2.24) is 19.9 Å². The normalized spacial score (nSPS) is 15.0. The van der Waals surface area contributed by atoms with Crippen LogP contribution in [0.5, 0.6) is 5.75 Å². The molecular formula is C23H20N4O3. The second-order valence-corrected chi connectivity index (χ2v) is 7.42. The van der Waals surface area contributed by atoms with E-state index in [0.29, 0.717) is 23.3 Å². The zero-order valence-corrected chi connectivity index (χ0v) is 16.4. The lowest BCUT2D eigenvalue weighted by Gasteiger charge is -2.12. The molecule has 30 heavy (non-hydrogen) atoms. The molecule has 2 aromatic carbocycles. The van der Waals surface area contributed by atoms with Gasteiger partial charge in [-0.25, -0.2) is 9.78 Å². The van der Waals surface area contributed by atoms with E-state index in [1.165, 1.54) is 10.1 Å². The molecular weight excluding hydrogens is 380 g/mol. The molecule has 7 heteroatoms. The molecule has 4 aromatic rings. The van der Waals surface area contributed by atoms with Gasteiger partial charge >= 0.3 is 5.69 Å². The number of imidazole rings is 1. The Morgan fingerprint density at radius 3 is 2.93 bits per heavy atom. The number of ether oxygens (including phenoxy) is 1. The predicted molar refractivity (Wildman–Crippen MR) is 114 cm³/mol. The van der Waals surface area contributed by atoms with E-state index in [4.69, 9.17) is 4.74 Å². The minimum atomic E-state index is -0.209. The Kier molecular flexibility index (Phi) is 4.35. The first-order valence-electron chi connectivity index (χ1n) is 9.76. The van der Waals surface area contributed by atoms with Gasteiger partial charge in [0.05, 0.1) is 12.1 Å². The average molecular weight is 400 g/mol. The van der Waals surface area contributed by atoms with Crippen LogP contribution >= 0.6 is 0 Å². The quantitative estimate of drug-likeness (QED) is 0.551. The largest absolute Gasteiger partial charge is 0.488 e. The van der Waals surface area contributed by atoms with Crippen LogP contribution in [0.4, 0.5) is 0 Å². The van der Waals surface area contributed by atoms with E-state index >= 15 is 0 Å². The number of hydrogen-bond donors (Lipinski definition) is 2. The minimum absolute atomic E-state index is 0.0592. The summed E-state index contributed by atoms with van der Waals surface area (Å²) in [6.45, 7) is 0.441. The van der Waals surface area contributed by atoms with Gasteiger partial charge in [-0.3, -0.25) is 14.3 Å². The summed E-state index contributed by atoms with van der Waals surface area (Å²) < 4.78 is 7.40. The maximum absolute atomic E-state index is 12.7. The smallest absolute Gasteiger partial charge is 0.327 e. The molecule has 5 rings (SSSR count). The third kappa shape index (κ3) is 3.24. The molecule has 0 saturated carbocycles. The van der Waals surface area contributed by atoms with Crippen LogP contribution in [0, 0.1) is 0 Å². The summed E-state index contributed by atoms with van der Waals surface area (Å²) in [5.74, 6) is 0.736. The van der Waals surface area contributed by atoms with Gasteiger partial charge in [0.1, 0.15) is 11.9 Å². The molecule has 0 aliphatic carbocycles.